The van der Waals surface area contributed by atoms with Crippen LogP contribution in [-0.2, 0) is 11.3 Å². The van der Waals surface area contributed by atoms with Gasteiger partial charge < -0.3 is 14.8 Å². The number of carbonyl (C=O) groups is 1. The number of halogens is 3. The third-order valence-corrected chi connectivity index (χ3v) is 3.05. The smallest absolute Gasteiger partial charge is 0.445 e. The van der Waals surface area contributed by atoms with Crippen LogP contribution in [0.15, 0.2) is 54.6 Å². The lowest BCUT2D eigenvalue weighted by molar-refractivity contribution is -0.274. The molecule has 5 nitrogen and oxygen atoms in total. The number of amides is 1. The number of ether oxygens (including phenoxy) is 2. The van der Waals surface area contributed by atoms with Gasteiger partial charge in [-0.25, -0.2) is 4.79 Å². The number of hydrogen-bond donors (Lipinski definition) is 1. The van der Waals surface area contributed by atoms with E-state index in [1.54, 1.807) is 24.3 Å². The summed E-state index contributed by atoms with van der Waals surface area (Å²) in [5, 5.41) is 11.5. The van der Waals surface area contributed by atoms with Crippen molar-refractivity contribution in [2.75, 3.05) is 0 Å². The highest BCUT2D eigenvalue weighted by Gasteiger charge is 2.31. The van der Waals surface area contributed by atoms with Crippen LogP contribution in [0.2, 0.25) is 0 Å². The predicted octanol–water partition coefficient (Wildman–Crippen LogP) is 4.08. The Hall–Kier alpha value is -3.21. The third-order valence-electron chi connectivity index (χ3n) is 3.05. The van der Waals surface area contributed by atoms with Crippen molar-refractivity contribution in [3.8, 4) is 11.8 Å². The van der Waals surface area contributed by atoms with Gasteiger partial charge in [-0.3, -0.25) is 0 Å². The molecule has 2 rings (SSSR count). The summed E-state index contributed by atoms with van der Waals surface area (Å²) in [6, 6.07) is 14.4. The maximum atomic E-state index is 12.1. The molecular weight excluding hydrogens is 337 g/mol. The fourth-order valence-corrected chi connectivity index (χ4v) is 1.93. The van der Waals surface area contributed by atoms with Crippen LogP contribution < -0.4 is 10.1 Å². The van der Waals surface area contributed by atoms with Crippen LogP contribution in [0.4, 0.5) is 18.0 Å². The molecule has 1 unspecified atom stereocenters. The van der Waals surface area contributed by atoms with Gasteiger partial charge in [0.15, 0.2) is 0 Å². The Bertz CT molecular complexity index is 740. The fraction of sp³-hybridized carbons (Fsp3) is 0.176. The lowest BCUT2D eigenvalue weighted by Crippen LogP contribution is -2.28. The van der Waals surface area contributed by atoms with Crippen molar-refractivity contribution in [3.05, 3.63) is 65.7 Å². The molecule has 8 heteroatoms. The van der Waals surface area contributed by atoms with E-state index in [-0.39, 0.29) is 6.61 Å². The van der Waals surface area contributed by atoms with E-state index in [0.717, 1.165) is 17.7 Å². The summed E-state index contributed by atoms with van der Waals surface area (Å²) in [5.41, 5.74) is 1.08. The summed E-state index contributed by atoms with van der Waals surface area (Å²) in [7, 11) is 0. The minimum Gasteiger partial charge on any atom is -0.445 e. The lowest BCUT2D eigenvalue weighted by atomic mass is 10.1. The first kappa shape index (κ1) is 18.1. The van der Waals surface area contributed by atoms with Crippen LogP contribution in [0.1, 0.15) is 17.2 Å². The molecule has 0 saturated heterocycles. The monoisotopic (exact) mass is 350 g/mol. The molecule has 0 heterocycles. The van der Waals surface area contributed by atoms with Crippen molar-refractivity contribution >= 4 is 6.09 Å². The molecule has 1 N–H and O–H groups in total. The molecular formula is C17H13F3N2O3. The number of benzene rings is 2. The van der Waals surface area contributed by atoms with Gasteiger partial charge >= 0.3 is 12.5 Å². The molecule has 2 aromatic rings. The molecule has 0 spiro atoms. The molecule has 130 valence electrons. The molecule has 0 fully saturated rings. The van der Waals surface area contributed by atoms with E-state index >= 15 is 0 Å². The van der Waals surface area contributed by atoms with Gasteiger partial charge in [-0.05, 0) is 23.3 Å². The van der Waals surface area contributed by atoms with Crippen molar-refractivity contribution in [1.82, 2.24) is 5.32 Å². The Morgan fingerprint density at radius 1 is 1.12 bits per heavy atom. The number of nitriles is 1. The van der Waals surface area contributed by atoms with Crippen molar-refractivity contribution < 1.29 is 27.4 Å². The minimum absolute atomic E-state index is 0.0309. The van der Waals surface area contributed by atoms with Gasteiger partial charge in [0.25, 0.3) is 0 Å². The van der Waals surface area contributed by atoms with Crippen molar-refractivity contribution in [1.29, 1.82) is 5.26 Å². The van der Waals surface area contributed by atoms with Crippen molar-refractivity contribution in [2.45, 2.75) is 19.0 Å². The number of nitrogens with one attached hydrogen (secondary N) is 1. The van der Waals surface area contributed by atoms with Crippen molar-refractivity contribution in [2.24, 2.45) is 0 Å². The highest BCUT2D eigenvalue weighted by Crippen LogP contribution is 2.24. The summed E-state index contributed by atoms with van der Waals surface area (Å²) in [6.07, 6.45) is -5.61. The molecule has 0 aliphatic rings. The third kappa shape index (κ3) is 6.06. The molecule has 0 aliphatic heterocycles. The lowest BCUT2D eigenvalue weighted by Gasteiger charge is -2.13. The number of alkyl carbamates (subject to hydrolysis) is 1. The van der Waals surface area contributed by atoms with Crippen LogP contribution in [-0.4, -0.2) is 12.5 Å². The number of rotatable bonds is 5. The first-order valence-electron chi connectivity index (χ1n) is 7.10. The first-order valence-corrected chi connectivity index (χ1v) is 7.10. The second-order valence-electron chi connectivity index (χ2n) is 4.89. The SMILES string of the molecule is N#CC(NC(=O)OCc1ccccc1)c1ccc(OC(F)(F)F)cc1. The van der Waals surface area contributed by atoms with E-state index < -0.39 is 24.2 Å². The summed E-state index contributed by atoms with van der Waals surface area (Å²) < 4.78 is 45.1. The molecule has 1 atom stereocenters. The van der Waals surface area contributed by atoms with Gasteiger partial charge in [0.05, 0.1) is 6.07 Å². The van der Waals surface area contributed by atoms with E-state index in [2.05, 4.69) is 10.1 Å². The van der Waals surface area contributed by atoms with Crippen LogP contribution in [0.25, 0.3) is 0 Å². The second-order valence-corrected chi connectivity index (χ2v) is 4.89. The van der Waals surface area contributed by atoms with Crippen LogP contribution in [0.3, 0.4) is 0 Å². The summed E-state index contributed by atoms with van der Waals surface area (Å²) in [4.78, 5) is 11.8. The molecule has 0 aromatic heterocycles. The number of alkyl halides is 3. The average molecular weight is 350 g/mol. The first-order chi connectivity index (χ1) is 11.9. The molecule has 0 radical (unpaired) electrons. The zero-order valence-electron chi connectivity index (χ0n) is 12.8. The van der Waals surface area contributed by atoms with Crippen LogP contribution in [0, 0.1) is 11.3 Å². The summed E-state index contributed by atoms with van der Waals surface area (Å²) in [5.74, 6) is -0.417. The second kappa shape index (κ2) is 8.06. The normalized spacial score (nSPS) is 11.9. The predicted molar refractivity (Wildman–Crippen MR) is 81.2 cm³/mol. The summed E-state index contributed by atoms with van der Waals surface area (Å²) in [6.45, 7) is 0.0309. The van der Waals surface area contributed by atoms with E-state index in [9.17, 15) is 18.0 Å². The standard InChI is InChI=1S/C17H13F3N2O3/c18-17(19,20)25-14-8-6-13(7-9-14)15(10-21)22-16(23)24-11-12-4-2-1-3-5-12/h1-9,15H,11H2,(H,22,23). The number of carbonyl (C=O) groups excluding carboxylic acids is 1. The molecule has 0 aliphatic carbocycles. The molecule has 25 heavy (non-hydrogen) atoms. The molecule has 2 aromatic carbocycles. The zero-order valence-corrected chi connectivity index (χ0v) is 12.8. The van der Waals surface area contributed by atoms with Gasteiger partial charge in [-0.1, -0.05) is 42.5 Å². The minimum atomic E-state index is -4.80. The highest BCUT2D eigenvalue weighted by atomic mass is 19.4. The zero-order chi connectivity index (χ0) is 18.3. The maximum Gasteiger partial charge on any atom is 0.573 e. The summed E-state index contributed by atoms with van der Waals surface area (Å²) >= 11 is 0. The molecule has 0 bridgehead atoms. The van der Waals surface area contributed by atoms with E-state index in [4.69, 9.17) is 10.00 Å². The van der Waals surface area contributed by atoms with Gasteiger partial charge in [0.1, 0.15) is 18.4 Å². The topological polar surface area (TPSA) is 71.4 Å². The maximum absolute atomic E-state index is 12.1. The van der Waals surface area contributed by atoms with Gasteiger partial charge in [-0.15, -0.1) is 13.2 Å². The fourth-order valence-electron chi connectivity index (χ4n) is 1.93. The van der Waals surface area contributed by atoms with Gasteiger partial charge in [0.2, 0.25) is 0 Å². The van der Waals surface area contributed by atoms with Crippen LogP contribution in [0.5, 0.6) is 5.75 Å². The Morgan fingerprint density at radius 2 is 1.76 bits per heavy atom. The van der Waals surface area contributed by atoms with Gasteiger partial charge in [0, 0.05) is 0 Å². The Kier molecular flexibility index (Phi) is 5.84. The highest BCUT2D eigenvalue weighted by molar-refractivity contribution is 5.68. The van der Waals surface area contributed by atoms with Crippen LogP contribution >= 0.6 is 0 Å². The quantitative estimate of drug-likeness (QED) is 0.882. The van der Waals surface area contributed by atoms with E-state index in [1.807, 2.05) is 12.1 Å². The Morgan fingerprint density at radius 3 is 2.32 bits per heavy atom. The Labute approximate surface area is 141 Å². The van der Waals surface area contributed by atoms with E-state index in [0.29, 0.717) is 5.56 Å². The van der Waals surface area contributed by atoms with Crippen molar-refractivity contribution in [3.63, 3.8) is 0 Å². The number of hydrogen-bond acceptors (Lipinski definition) is 4. The van der Waals surface area contributed by atoms with E-state index in [1.165, 1.54) is 12.1 Å². The van der Waals surface area contributed by atoms with Gasteiger partial charge in [-0.2, -0.15) is 5.26 Å². The number of nitrogens with zero attached hydrogens (tertiary/aromatic N) is 1. The molecule has 0 saturated carbocycles. The average Bonchev–Trinajstić information content (AvgIpc) is 2.58. The molecule has 1 amide bonds. The largest absolute Gasteiger partial charge is 0.573 e. The Balaban J connectivity index is 1.93.